The lowest BCUT2D eigenvalue weighted by atomic mass is 10.2. The summed E-state index contributed by atoms with van der Waals surface area (Å²) >= 11 is 0. The van der Waals surface area contributed by atoms with Crippen molar-refractivity contribution >= 4 is 16.0 Å². The molecule has 0 amide bonds. The van der Waals surface area contributed by atoms with Crippen LogP contribution >= 0.6 is 0 Å². The van der Waals surface area contributed by atoms with Crippen LogP contribution in [0, 0.1) is 11.7 Å². The van der Waals surface area contributed by atoms with Crippen LogP contribution in [0.2, 0.25) is 0 Å². The molecule has 0 radical (unpaired) electrons. The van der Waals surface area contributed by atoms with E-state index in [1.807, 2.05) is 13.8 Å². The zero-order valence-electron chi connectivity index (χ0n) is 12.5. The van der Waals surface area contributed by atoms with Crippen molar-refractivity contribution in [1.29, 1.82) is 0 Å². The van der Waals surface area contributed by atoms with Gasteiger partial charge in [0, 0.05) is 12.6 Å². The molecule has 0 aliphatic heterocycles. The number of aromatic carboxylic acids is 1. The summed E-state index contributed by atoms with van der Waals surface area (Å²) in [5, 5.41) is 8.93. The van der Waals surface area contributed by atoms with Gasteiger partial charge in [0.05, 0.1) is 5.56 Å². The Labute approximate surface area is 124 Å². The van der Waals surface area contributed by atoms with Gasteiger partial charge in [-0.1, -0.05) is 13.8 Å². The quantitative estimate of drug-likeness (QED) is 0.875. The molecule has 1 aromatic carbocycles. The number of sulfonamides is 1. The Bertz CT molecular complexity index is 626. The largest absolute Gasteiger partial charge is 0.478 e. The second-order valence-corrected chi connectivity index (χ2v) is 7.37. The highest BCUT2D eigenvalue weighted by Crippen LogP contribution is 2.23. The van der Waals surface area contributed by atoms with E-state index in [4.69, 9.17) is 5.11 Å². The van der Waals surface area contributed by atoms with Crippen molar-refractivity contribution in [3.8, 4) is 0 Å². The van der Waals surface area contributed by atoms with Gasteiger partial charge >= 0.3 is 5.97 Å². The summed E-state index contributed by atoms with van der Waals surface area (Å²) in [6.07, 6.45) is 0. The van der Waals surface area contributed by atoms with Crippen LogP contribution in [0.5, 0.6) is 0 Å². The number of rotatable bonds is 6. The number of hydrogen-bond acceptors (Lipinski definition) is 3. The third-order valence-electron chi connectivity index (χ3n) is 2.89. The Morgan fingerprint density at radius 3 is 2.29 bits per heavy atom. The first-order valence-electron chi connectivity index (χ1n) is 6.62. The minimum atomic E-state index is -4.09. The zero-order chi connectivity index (χ0) is 16.4. The van der Waals surface area contributed by atoms with Crippen molar-refractivity contribution in [2.45, 2.75) is 38.6 Å². The SMILES string of the molecule is CC(C)CN(C(C)C)S(=O)(=O)c1cc(C(=O)O)ccc1F. The second-order valence-electron chi connectivity index (χ2n) is 5.51. The zero-order valence-corrected chi connectivity index (χ0v) is 13.3. The van der Waals surface area contributed by atoms with Gasteiger partial charge in [0.25, 0.3) is 0 Å². The van der Waals surface area contributed by atoms with Gasteiger partial charge < -0.3 is 5.11 Å². The molecule has 1 rings (SSSR count). The van der Waals surface area contributed by atoms with E-state index in [0.29, 0.717) is 0 Å². The molecule has 0 bridgehead atoms. The third-order valence-corrected chi connectivity index (χ3v) is 4.94. The molecular formula is C14H20FNO4S. The van der Waals surface area contributed by atoms with Crippen LogP contribution in [-0.2, 0) is 10.0 Å². The van der Waals surface area contributed by atoms with E-state index in [1.165, 1.54) is 4.31 Å². The fourth-order valence-electron chi connectivity index (χ4n) is 1.91. The highest BCUT2D eigenvalue weighted by atomic mass is 32.2. The Morgan fingerprint density at radius 2 is 1.86 bits per heavy atom. The van der Waals surface area contributed by atoms with Crippen LogP contribution in [0.1, 0.15) is 38.1 Å². The maximum Gasteiger partial charge on any atom is 0.335 e. The molecule has 0 saturated heterocycles. The normalized spacial score (nSPS) is 12.4. The van der Waals surface area contributed by atoms with E-state index < -0.39 is 26.7 Å². The number of hydrogen-bond donors (Lipinski definition) is 1. The highest BCUT2D eigenvalue weighted by Gasteiger charge is 2.30. The Balaban J connectivity index is 3.40. The molecule has 0 aromatic heterocycles. The molecule has 0 heterocycles. The van der Waals surface area contributed by atoms with E-state index in [-0.39, 0.29) is 24.1 Å². The van der Waals surface area contributed by atoms with Gasteiger partial charge in [0.2, 0.25) is 10.0 Å². The van der Waals surface area contributed by atoms with Gasteiger partial charge in [0.15, 0.2) is 0 Å². The summed E-state index contributed by atoms with van der Waals surface area (Å²) in [5.74, 6) is -2.19. The maximum atomic E-state index is 13.9. The van der Waals surface area contributed by atoms with Gasteiger partial charge in [-0.3, -0.25) is 0 Å². The maximum absolute atomic E-state index is 13.9. The lowest BCUT2D eigenvalue weighted by Gasteiger charge is -2.27. The summed E-state index contributed by atoms with van der Waals surface area (Å²) < 4.78 is 40.3. The summed E-state index contributed by atoms with van der Waals surface area (Å²) in [6, 6.07) is 2.41. The molecule has 1 aromatic rings. The average Bonchev–Trinajstić information content (AvgIpc) is 2.35. The lowest BCUT2D eigenvalue weighted by Crippen LogP contribution is -2.39. The average molecular weight is 317 g/mol. The van der Waals surface area contributed by atoms with Crippen LogP contribution in [0.4, 0.5) is 4.39 Å². The third kappa shape index (κ3) is 4.01. The highest BCUT2D eigenvalue weighted by molar-refractivity contribution is 7.89. The van der Waals surface area contributed by atoms with Crippen LogP contribution in [0.25, 0.3) is 0 Å². The van der Waals surface area contributed by atoms with E-state index in [0.717, 1.165) is 18.2 Å². The molecule has 118 valence electrons. The first-order valence-corrected chi connectivity index (χ1v) is 8.06. The smallest absolute Gasteiger partial charge is 0.335 e. The number of nitrogens with zero attached hydrogens (tertiary/aromatic N) is 1. The van der Waals surface area contributed by atoms with Crippen molar-refractivity contribution in [3.63, 3.8) is 0 Å². The lowest BCUT2D eigenvalue weighted by molar-refractivity contribution is 0.0696. The number of carboxylic acids is 1. The molecule has 0 aliphatic carbocycles. The molecule has 7 heteroatoms. The van der Waals surface area contributed by atoms with Crippen molar-refractivity contribution in [3.05, 3.63) is 29.6 Å². The molecule has 0 atom stereocenters. The van der Waals surface area contributed by atoms with Crippen LogP contribution in [0.15, 0.2) is 23.1 Å². The number of halogens is 1. The Kier molecular flexibility index (Phi) is 5.47. The molecular weight excluding hydrogens is 297 g/mol. The van der Waals surface area contributed by atoms with Crippen LogP contribution < -0.4 is 0 Å². The molecule has 0 saturated carbocycles. The Morgan fingerprint density at radius 1 is 1.29 bits per heavy atom. The number of benzene rings is 1. The van der Waals surface area contributed by atoms with Gasteiger partial charge in [0.1, 0.15) is 10.7 Å². The number of carboxylic acid groups (broad SMARTS) is 1. The Hall–Kier alpha value is -1.47. The summed E-state index contributed by atoms with van der Waals surface area (Å²) in [6.45, 7) is 7.33. The minimum Gasteiger partial charge on any atom is -0.478 e. The minimum absolute atomic E-state index is 0.0629. The standard InChI is InChI=1S/C14H20FNO4S/c1-9(2)8-16(10(3)4)21(19,20)13-7-11(14(17)18)5-6-12(13)15/h5-7,9-10H,8H2,1-4H3,(H,17,18). The van der Waals surface area contributed by atoms with E-state index in [2.05, 4.69) is 0 Å². The van der Waals surface area contributed by atoms with Crippen molar-refractivity contribution in [1.82, 2.24) is 4.31 Å². The van der Waals surface area contributed by atoms with Gasteiger partial charge in [-0.15, -0.1) is 0 Å². The first-order chi connectivity index (χ1) is 9.57. The molecule has 1 N–H and O–H groups in total. The second kappa shape index (κ2) is 6.53. The summed E-state index contributed by atoms with van der Waals surface area (Å²) in [4.78, 5) is 10.3. The van der Waals surface area contributed by atoms with Crippen molar-refractivity contribution < 1.29 is 22.7 Å². The van der Waals surface area contributed by atoms with E-state index in [9.17, 15) is 17.6 Å². The van der Waals surface area contributed by atoms with Gasteiger partial charge in [-0.2, -0.15) is 4.31 Å². The van der Waals surface area contributed by atoms with E-state index >= 15 is 0 Å². The molecule has 0 fully saturated rings. The molecule has 0 aliphatic rings. The molecule has 0 spiro atoms. The van der Waals surface area contributed by atoms with Gasteiger partial charge in [-0.25, -0.2) is 17.6 Å². The van der Waals surface area contributed by atoms with Crippen molar-refractivity contribution in [2.24, 2.45) is 5.92 Å². The van der Waals surface area contributed by atoms with Gasteiger partial charge in [-0.05, 0) is 38.0 Å². The predicted molar refractivity (Wildman–Crippen MR) is 77.2 cm³/mol. The summed E-state index contributed by atoms with van der Waals surface area (Å²) in [5.41, 5.74) is -0.261. The van der Waals surface area contributed by atoms with Crippen LogP contribution in [0.3, 0.4) is 0 Å². The molecule has 21 heavy (non-hydrogen) atoms. The fraction of sp³-hybridized carbons (Fsp3) is 0.500. The molecule has 5 nitrogen and oxygen atoms in total. The predicted octanol–water partition coefficient (Wildman–Crippen LogP) is 2.58. The van der Waals surface area contributed by atoms with E-state index in [1.54, 1.807) is 13.8 Å². The number of carbonyl (C=O) groups is 1. The monoisotopic (exact) mass is 317 g/mol. The topological polar surface area (TPSA) is 74.7 Å². The summed E-state index contributed by atoms with van der Waals surface area (Å²) in [7, 11) is -4.09. The fourth-order valence-corrected chi connectivity index (χ4v) is 3.80. The molecule has 0 unspecified atom stereocenters. The van der Waals surface area contributed by atoms with Crippen LogP contribution in [-0.4, -0.2) is 36.4 Å². The first kappa shape index (κ1) is 17.6. The van der Waals surface area contributed by atoms with Crippen molar-refractivity contribution in [2.75, 3.05) is 6.54 Å².